The minimum absolute atomic E-state index is 0.407. The van der Waals surface area contributed by atoms with E-state index in [9.17, 15) is 13.2 Å². The van der Waals surface area contributed by atoms with Crippen LogP contribution >= 0.6 is 0 Å². The van der Waals surface area contributed by atoms with Crippen LogP contribution in [0.5, 0.6) is 0 Å². The van der Waals surface area contributed by atoms with Crippen LogP contribution in [0.15, 0.2) is 0 Å². The molecule has 0 spiro atoms. The molecule has 0 aliphatic rings. The molecule has 0 bridgehead atoms. The summed E-state index contributed by atoms with van der Waals surface area (Å²) in [5.41, 5.74) is 0. The van der Waals surface area contributed by atoms with Crippen molar-refractivity contribution >= 4 is 0 Å². The summed E-state index contributed by atoms with van der Waals surface area (Å²) in [5.74, 6) is 0.718. The Morgan fingerprint density at radius 3 is 2.18 bits per heavy atom. The Hall–Kier alpha value is -0.290. The molecule has 104 valence electrons. The van der Waals surface area contributed by atoms with E-state index in [2.05, 4.69) is 19.2 Å². The number of alkyl halides is 3. The Labute approximate surface area is 102 Å². The van der Waals surface area contributed by atoms with Gasteiger partial charge in [-0.2, -0.15) is 13.2 Å². The first-order valence-electron chi connectivity index (χ1n) is 6.29. The zero-order valence-electron chi connectivity index (χ0n) is 10.7. The van der Waals surface area contributed by atoms with Crippen LogP contribution in [0.25, 0.3) is 0 Å². The van der Waals surface area contributed by atoms with Gasteiger partial charge in [-0.15, -0.1) is 0 Å². The fourth-order valence-corrected chi connectivity index (χ4v) is 1.51. The lowest BCUT2D eigenvalue weighted by Gasteiger charge is -2.14. The van der Waals surface area contributed by atoms with Crippen molar-refractivity contribution in [2.75, 3.05) is 13.1 Å². The lowest BCUT2D eigenvalue weighted by molar-refractivity contribution is -0.201. The summed E-state index contributed by atoms with van der Waals surface area (Å²) >= 11 is 0. The maximum Gasteiger partial charge on any atom is 0.415 e. The summed E-state index contributed by atoms with van der Waals surface area (Å²) in [6.07, 6.45) is -1.34. The molecule has 0 aromatic heterocycles. The summed E-state index contributed by atoms with van der Waals surface area (Å²) in [6.45, 7) is 4.49. The Kier molecular flexibility index (Phi) is 8.60. The van der Waals surface area contributed by atoms with Crippen LogP contribution in [0, 0.1) is 5.92 Å². The number of rotatable bonds is 9. The van der Waals surface area contributed by atoms with Crippen LogP contribution in [0.1, 0.15) is 46.0 Å². The molecule has 0 aliphatic heterocycles. The average Bonchev–Trinajstić information content (AvgIpc) is 2.19. The predicted octanol–water partition coefficient (Wildman–Crippen LogP) is 3.11. The van der Waals surface area contributed by atoms with Crippen molar-refractivity contribution in [3.63, 3.8) is 0 Å². The number of halogens is 3. The number of hydrogen-bond donors (Lipinski definition) is 2. The molecule has 2 nitrogen and oxygen atoms in total. The van der Waals surface area contributed by atoms with Crippen LogP contribution in [-0.2, 0) is 0 Å². The Balaban J connectivity index is 3.24. The number of unbranched alkanes of at least 4 members (excludes halogenated alkanes) is 3. The van der Waals surface area contributed by atoms with Gasteiger partial charge in [-0.25, -0.2) is 0 Å². The molecule has 0 heterocycles. The average molecular weight is 255 g/mol. The molecule has 0 aliphatic carbocycles. The molecule has 0 radical (unpaired) electrons. The highest BCUT2D eigenvalue weighted by molar-refractivity contribution is 4.67. The Morgan fingerprint density at radius 1 is 1.06 bits per heavy atom. The third-order valence-electron chi connectivity index (χ3n) is 2.60. The van der Waals surface area contributed by atoms with Gasteiger partial charge in [0.2, 0.25) is 0 Å². The quantitative estimate of drug-likeness (QED) is 0.620. The van der Waals surface area contributed by atoms with E-state index in [1.54, 1.807) is 0 Å². The molecule has 0 saturated heterocycles. The third kappa shape index (κ3) is 10.6. The second kappa shape index (κ2) is 8.75. The first-order chi connectivity index (χ1) is 7.84. The molecule has 2 N–H and O–H groups in total. The highest BCUT2D eigenvalue weighted by Crippen LogP contribution is 2.19. The summed E-state index contributed by atoms with van der Waals surface area (Å²) in [4.78, 5) is 0. The first kappa shape index (κ1) is 16.7. The van der Waals surface area contributed by atoms with Gasteiger partial charge in [-0.3, -0.25) is 0 Å². The highest BCUT2D eigenvalue weighted by atomic mass is 19.4. The van der Waals surface area contributed by atoms with E-state index in [-0.39, 0.29) is 0 Å². The summed E-state index contributed by atoms with van der Waals surface area (Å²) in [6, 6.07) is 0. The first-order valence-corrected chi connectivity index (χ1v) is 6.29. The van der Waals surface area contributed by atoms with Crippen molar-refractivity contribution in [3.8, 4) is 0 Å². The van der Waals surface area contributed by atoms with Gasteiger partial charge >= 0.3 is 6.18 Å². The largest absolute Gasteiger partial charge is 0.415 e. The second-order valence-corrected chi connectivity index (χ2v) is 4.86. The van der Waals surface area contributed by atoms with Crippen molar-refractivity contribution in [2.45, 2.75) is 58.2 Å². The lowest BCUT2D eigenvalue weighted by atomic mass is 10.0. The molecule has 0 amide bonds. The van der Waals surface area contributed by atoms with E-state index in [1.807, 2.05) is 0 Å². The van der Waals surface area contributed by atoms with Crippen molar-refractivity contribution in [1.82, 2.24) is 5.32 Å². The van der Waals surface area contributed by atoms with Gasteiger partial charge in [0.25, 0.3) is 0 Å². The summed E-state index contributed by atoms with van der Waals surface area (Å²) in [5, 5.41) is 11.3. The summed E-state index contributed by atoms with van der Waals surface area (Å²) < 4.78 is 35.7. The molecule has 0 fully saturated rings. The van der Waals surface area contributed by atoms with Crippen LogP contribution in [0.4, 0.5) is 13.2 Å². The normalized spacial score (nSPS) is 14.3. The molecule has 1 atom stereocenters. The van der Waals surface area contributed by atoms with Gasteiger partial charge in [-0.05, 0) is 18.9 Å². The minimum atomic E-state index is -4.51. The summed E-state index contributed by atoms with van der Waals surface area (Å²) in [7, 11) is 0. The van der Waals surface area contributed by atoms with E-state index in [0.717, 1.165) is 25.2 Å². The molecule has 0 aromatic rings. The highest BCUT2D eigenvalue weighted by Gasteiger charge is 2.37. The predicted molar refractivity (Wildman–Crippen MR) is 62.9 cm³/mol. The Morgan fingerprint density at radius 2 is 1.65 bits per heavy atom. The molecule has 5 heteroatoms. The van der Waals surface area contributed by atoms with Gasteiger partial charge in [0.05, 0.1) is 0 Å². The van der Waals surface area contributed by atoms with Crippen molar-refractivity contribution in [2.24, 2.45) is 5.92 Å². The van der Waals surface area contributed by atoms with Gasteiger partial charge in [0.15, 0.2) is 6.10 Å². The maximum absolute atomic E-state index is 11.9. The maximum atomic E-state index is 11.9. The van der Waals surface area contributed by atoms with Crippen LogP contribution in [0.2, 0.25) is 0 Å². The fourth-order valence-electron chi connectivity index (χ4n) is 1.51. The fraction of sp³-hybridized carbons (Fsp3) is 1.00. The topological polar surface area (TPSA) is 32.3 Å². The van der Waals surface area contributed by atoms with Gasteiger partial charge in [0.1, 0.15) is 0 Å². The molecule has 17 heavy (non-hydrogen) atoms. The van der Waals surface area contributed by atoms with Crippen LogP contribution in [-0.4, -0.2) is 30.5 Å². The number of aliphatic hydroxyl groups excluding tert-OH is 1. The molecule has 0 aromatic carbocycles. The minimum Gasteiger partial charge on any atom is -0.382 e. The van der Waals surface area contributed by atoms with E-state index in [4.69, 9.17) is 5.11 Å². The zero-order valence-corrected chi connectivity index (χ0v) is 10.7. The standard InChI is InChI=1S/C12H24F3NO/c1-10(2)7-5-3-4-6-8-16-9-11(17)12(13,14)15/h10-11,16-17H,3-9H2,1-2H3. The van der Waals surface area contributed by atoms with Gasteiger partial charge < -0.3 is 10.4 Å². The monoisotopic (exact) mass is 255 g/mol. The van der Waals surface area contributed by atoms with Gasteiger partial charge in [-0.1, -0.05) is 39.5 Å². The second-order valence-electron chi connectivity index (χ2n) is 4.86. The zero-order chi connectivity index (χ0) is 13.3. The molecular formula is C12H24F3NO. The van der Waals surface area contributed by atoms with E-state index in [0.29, 0.717) is 6.54 Å². The van der Waals surface area contributed by atoms with E-state index >= 15 is 0 Å². The van der Waals surface area contributed by atoms with Crippen LogP contribution in [0.3, 0.4) is 0 Å². The van der Waals surface area contributed by atoms with Crippen LogP contribution < -0.4 is 5.32 Å². The lowest BCUT2D eigenvalue weighted by Crippen LogP contribution is -2.38. The molecule has 1 unspecified atom stereocenters. The van der Waals surface area contributed by atoms with Crippen molar-refractivity contribution in [1.29, 1.82) is 0 Å². The molecular weight excluding hydrogens is 231 g/mol. The SMILES string of the molecule is CC(C)CCCCCCNCC(O)C(F)(F)F. The van der Waals surface area contributed by atoms with Crippen molar-refractivity contribution < 1.29 is 18.3 Å². The smallest absolute Gasteiger partial charge is 0.382 e. The number of aliphatic hydroxyl groups is 1. The van der Waals surface area contributed by atoms with Crippen molar-refractivity contribution in [3.05, 3.63) is 0 Å². The third-order valence-corrected chi connectivity index (χ3v) is 2.60. The number of hydrogen-bond acceptors (Lipinski definition) is 2. The molecule has 0 rings (SSSR count). The Bertz CT molecular complexity index is 183. The molecule has 0 saturated carbocycles. The van der Waals surface area contributed by atoms with E-state index < -0.39 is 18.8 Å². The van der Waals surface area contributed by atoms with Gasteiger partial charge in [0, 0.05) is 6.54 Å². The number of nitrogens with one attached hydrogen (secondary N) is 1. The van der Waals surface area contributed by atoms with E-state index in [1.165, 1.54) is 12.8 Å².